The third-order valence-corrected chi connectivity index (χ3v) is 3.80. The fourth-order valence-electron chi connectivity index (χ4n) is 2.41. The van der Waals surface area contributed by atoms with Crippen LogP contribution in [-0.4, -0.2) is 5.91 Å². The van der Waals surface area contributed by atoms with Crippen LogP contribution in [0.3, 0.4) is 0 Å². The zero-order valence-corrected chi connectivity index (χ0v) is 14.8. The van der Waals surface area contributed by atoms with Crippen LogP contribution in [0.1, 0.15) is 21.5 Å². The summed E-state index contributed by atoms with van der Waals surface area (Å²) < 4.78 is 0. The maximum absolute atomic E-state index is 12.6. The molecule has 132 valence electrons. The molecule has 0 unspecified atom stereocenters. The Balaban J connectivity index is 2.26. The van der Waals surface area contributed by atoms with Crippen molar-refractivity contribution in [3.63, 3.8) is 0 Å². The molecule has 1 amide bonds. The van der Waals surface area contributed by atoms with Gasteiger partial charge in [0.05, 0.1) is 16.9 Å². The predicted octanol–water partition coefficient (Wildman–Crippen LogP) is 3.30. The average Bonchev–Trinajstić information content (AvgIpc) is 2.67. The van der Waals surface area contributed by atoms with Crippen molar-refractivity contribution in [1.29, 1.82) is 15.8 Å². The van der Waals surface area contributed by atoms with Gasteiger partial charge in [-0.2, -0.15) is 15.8 Å². The van der Waals surface area contributed by atoms with Crippen LogP contribution in [0.25, 0.3) is 0 Å². The van der Waals surface area contributed by atoms with Gasteiger partial charge in [-0.3, -0.25) is 15.6 Å². The van der Waals surface area contributed by atoms with E-state index in [0.717, 1.165) is 16.8 Å². The van der Waals surface area contributed by atoms with E-state index < -0.39 is 5.91 Å². The molecule has 7 heteroatoms. The Morgan fingerprint density at radius 2 is 1.52 bits per heavy atom. The normalized spacial score (nSPS) is 9.15. The highest BCUT2D eigenvalue weighted by Crippen LogP contribution is 2.20. The Kier molecular flexibility index (Phi) is 6.15. The van der Waals surface area contributed by atoms with Crippen LogP contribution in [0.15, 0.2) is 53.7 Å². The molecule has 0 aliphatic rings. The number of nitrogens with zero attached hydrogens (tertiary/aromatic N) is 3. The van der Waals surface area contributed by atoms with Gasteiger partial charge in [0.25, 0.3) is 5.91 Å². The number of carbonyl (C=O) groups is 1. The first kappa shape index (κ1) is 19.1. The lowest BCUT2D eigenvalue weighted by atomic mass is 10.1. The summed E-state index contributed by atoms with van der Waals surface area (Å²) in [6.45, 7) is 3.85. The lowest BCUT2D eigenvalue weighted by molar-refractivity contribution is 0.0963. The summed E-state index contributed by atoms with van der Waals surface area (Å²) in [4.78, 5) is 12.6. The summed E-state index contributed by atoms with van der Waals surface area (Å²) in [5.41, 5.74) is 8.26. The average molecular weight is 356 g/mol. The monoisotopic (exact) mass is 356 g/mol. The van der Waals surface area contributed by atoms with E-state index in [1.54, 1.807) is 42.5 Å². The topological polar surface area (TPSA) is 125 Å². The Bertz CT molecular complexity index is 997. The molecule has 0 radical (unpaired) electrons. The first-order valence-corrected chi connectivity index (χ1v) is 7.95. The predicted molar refractivity (Wildman–Crippen MR) is 101 cm³/mol. The lowest BCUT2D eigenvalue weighted by Gasteiger charge is -2.15. The number of hydrazine groups is 1. The third kappa shape index (κ3) is 4.42. The van der Waals surface area contributed by atoms with Gasteiger partial charge in [-0.05, 0) is 37.1 Å². The first-order chi connectivity index (χ1) is 13.0. The molecule has 7 nitrogen and oxygen atoms in total. The van der Waals surface area contributed by atoms with Gasteiger partial charge in [0.2, 0.25) is 0 Å². The molecule has 0 heterocycles. The lowest BCUT2D eigenvalue weighted by Crippen LogP contribution is -2.30. The summed E-state index contributed by atoms with van der Waals surface area (Å²) in [5.74, 6) is -0.437. The molecule has 0 aliphatic carbocycles. The molecule has 2 rings (SSSR count). The van der Waals surface area contributed by atoms with Crippen molar-refractivity contribution in [3.05, 3.63) is 70.4 Å². The van der Waals surface area contributed by atoms with Crippen LogP contribution < -0.4 is 16.2 Å². The molecule has 0 atom stereocenters. The maximum Gasteiger partial charge on any atom is 0.271 e. The van der Waals surface area contributed by atoms with Gasteiger partial charge in [-0.25, -0.2) is 0 Å². The molecule has 0 saturated heterocycles. The Hall–Kier alpha value is -4.28. The molecule has 0 aliphatic heterocycles. The van der Waals surface area contributed by atoms with E-state index >= 15 is 0 Å². The molecule has 3 N–H and O–H groups in total. The molecule has 0 saturated carbocycles. The minimum absolute atomic E-state index is 0.219. The van der Waals surface area contributed by atoms with E-state index in [1.165, 1.54) is 0 Å². The van der Waals surface area contributed by atoms with E-state index in [1.807, 2.05) is 32.0 Å². The smallest absolute Gasteiger partial charge is 0.271 e. The molecule has 0 spiro atoms. The van der Waals surface area contributed by atoms with E-state index in [4.69, 9.17) is 10.5 Å². The number of benzene rings is 2. The summed E-state index contributed by atoms with van der Waals surface area (Å²) >= 11 is 0. The fourth-order valence-corrected chi connectivity index (χ4v) is 2.41. The largest absolute Gasteiger partial charge is 0.344 e. The highest BCUT2D eigenvalue weighted by molar-refractivity contribution is 6.00. The zero-order chi connectivity index (χ0) is 19.8. The Labute approximate surface area is 157 Å². The molecule has 2 aromatic carbocycles. The third-order valence-electron chi connectivity index (χ3n) is 3.80. The van der Waals surface area contributed by atoms with Gasteiger partial charge in [0.1, 0.15) is 23.9 Å². The second-order valence-corrected chi connectivity index (χ2v) is 5.60. The SMILES string of the molecule is Cc1cccc(C)c1NNC(=O)c1ccccc1NC(C#N)=C(C#N)C#N. The molecular formula is C20H16N6O. The zero-order valence-electron chi connectivity index (χ0n) is 14.8. The van der Waals surface area contributed by atoms with E-state index in [2.05, 4.69) is 16.2 Å². The fraction of sp³-hybridized carbons (Fsp3) is 0.100. The van der Waals surface area contributed by atoms with Crippen LogP contribution in [0.2, 0.25) is 0 Å². The van der Waals surface area contributed by atoms with Gasteiger partial charge in [-0.1, -0.05) is 30.3 Å². The van der Waals surface area contributed by atoms with Gasteiger partial charge in [0.15, 0.2) is 5.57 Å². The summed E-state index contributed by atoms with van der Waals surface area (Å²) in [6, 6.07) is 17.3. The standard InChI is InChI=1S/C20H16N6O/c1-13-6-5-7-14(2)19(13)25-26-20(27)16-8-3-4-9-17(16)24-18(12-23)15(10-21)11-22/h3-9,24-25H,1-2H3,(H,26,27). The van der Waals surface area contributed by atoms with Crippen LogP contribution in [0.5, 0.6) is 0 Å². The summed E-state index contributed by atoms with van der Waals surface area (Å²) in [7, 11) is 0. The quantitative estimate of drug-likeness (QED) is 0.558. The van der Waals surface area contributed by atoms with Crippen LogP contribution in [-0.2, 0) is 0 Å². The van der Waals surface area contributed by atoms with E-state index in [0.29, 0.717) is 5.69 Å². The number of para-hydroxylation sites is 2. The molecule has 27 heavy (non-hydrogen) atoms. The van der Waals surface area contributed by atoms with Crippen LogP contribution in [0.4, 0.5) is 11.4 Å². The number of nitriles is 3. The Morgan fingerprint density at radius 1 is 0.889 bits per heavy atom. The molecule has 0 aromatic heterocycles. The number of nitrogens with one attached hydrogen (secondary N) is 3. The number of carbonyl (C=O) groups excluding carboxylic acids is 1. The summed E-state index contributed by atoms with van der Waals surface area (Å²) in [6.07, 6.45) is 0. The number of hydrogen-bond acceptors (Lipinski definition) is 6. The molecule has 2 aromatic rings. The van der Waals surface area contributed by atoms with Crippen molar-refractivity contribution in [2.75, 3.05) is 10.7 Å². The van der Waals surface area contributed by atoms with Crippen molar-refractivity contribution in [1.82, 2.24) is 5.43 Å². The molecule has 0 fully saturated rings. The van der Waals surface area contributed by atoms with Crippen molar-refractivity contribution in [2.45, 2.75) is 13.8 Å². The minimum atomic E-state index is -0.437. The second-order valence-electron chi connectivity index (χ2n) is 5.60. The van der Waals surface area contributed by atoms with E-state index in [-0.39, 0.29) is 16.8 Å². The number of anilines is 2. The number of hydrogen-bond donors (Lipinski definition) is 3. The highest BCUT2D eigenvalue weighted by Gasteiger charge is 2.14. The second kappa shape index (κ2) is 8.71. The van der Waals surface area contributed by atoms with Crippen molar-refractivity contribution >= 4 is 17.3 Å². The van der Waals surface area contributed by atoms with Gasteiger partial charge >= 0.3 is 0 Å². The van der Waals surface area contributed by atoms with Crippen molar-refractivity contribution < 1.29 is 4.79 Å². The molecule has 0 bridgehead atoms. The van der Waals surface area contributed by atoms with Gasteiger partial charge in [0, 0.05) is 0 Å². The van der Waals surface area contributed by atoms with Crippen LogP contribution >= 0.6 is 0 Å². The van der Waals surface area contributed by atoms with Crippen molar-refractivity contribution in [3.8, 4) is 18.2 Å². The number of aryl methyl sites for hydroxylation is 2. The van der Waals surface area contributed by atoms with Gasteiger partial charge in [-0.15, -0.1) is 0 Å². The summed E-state index contributed by atoms with van der Waals surface area (Å²) in [5, 5.41) is 29.7. The first-order valence-electron chi connectivity index (χ1n) is 7.95. The minimum Gasteiger partial charge on any atom is -0.344 e. The van der Waals surface area contributed by atoms with Crippen molar-refractivity contribution in [2.24, 2.45) is 0 Å². The highest BCUT2D eigenvalue weighted by atomic mass is 16.2. The number of rotatable bonds is 5. The Morgan fingerprint density at radius 3 is 2.11 bits per heavy atom. The number of allylic oxidation sites excluding steroid dienone is 2. The van der Waals surface area contributed by atoms with Gasteiger partial charge < -0.3 is 5.32 Å². The number of amides is 1. The van der Waals surface area contributed by atoms with Crippen LogP contribution in [0, 0.1) is 47.8 Å². The molecular weight excluding hydrogens is 340 g/mol. The maximum atomic E-state index is 12.6. The van der Waals surface area contributed by atoms with E-state index in [9.17, 15) is 10.1 Å².